The van der Waals surface area contributed by atoms with Gasteiger partial charge < -0.3 is 9.53 Å². The summed E-state index contributed by atoms with van der Waals surface area (Å²) in [5, 5.41) is 0.546. The first-order valence-electron chi connectivity index (χ1n) is 3.95. The highest BCUT2D eigenvalue weighted by Crippen LogP contribution is 2.27. The molecule has 1 aromatic rings. The van der Waals surface area contributed by atoms with E-state index >= 15 is 0 Å². The lowest BCUT2D eigenvalue weighted by molar-refractivity contribution is -0.107. The Morgan fingerprint density at radius 2 is 2.23 bits per heavy atom. The van der Waals surface area contributed by atoms with Crippen molar-refractivity contribution in [2.75, 3.05) is 7.11 Å². The first-order chi connectivity index (χ1) is 6.19. The standard InChI is InChI=1S/C10H11ClO2/c1-7-5-10(13-2)9(11)6-8(7)3-4-12/h4-6H,3H2,1-2H3. The molecule has 70 valence electrons. The fourth-order valence-corrected chi connectivity index (χ4v) is 1.43. The van der Waals surface area contributed by atoms with Crippen molar-refractivity contribution in [1.29, 1.82) is 0 Å². The fraction of sp³-hybridized carbons (Fsp3) is 0.300. The van der Waals surface area contributed by atoms with E-state index in [-0.39, 0.29) is 0 Å². The molecular weight excluding hydrogens is 188 g/mol. The van der Waals surface area contributed by atoms with Gasteiger partial charge in [0.25, 0.3) is 0 Å². The third-order valence-corrected chi connectivity index (χ3v) is 2.21. The third-order valence-electron chi connectivity index (χ3n) is 1.91. The van der Waals surface area contributed by atoms with Gasteiger partial charge in [0.1, 0.15) is 12.0 Å². The lowest BCUT2D eigenvalue weighted by atomic mass is 10.1. The number of methoxy groups -OCH3 is 1. The van der Waals surface area contributed by atoms with E-state index in [4.69, 9.17) is 16.3 Å². The average Bonchev–Trinajstić information content (AvgIpc) is 2.11. The van der Waals surface area contributed by atoms with Gasteiger partial charge in [0, 0.05) is 6.42 Å². The number of halogens is 1. The zero-order chi connectivity index (χ0) is 9.84. The molecular formula is C10H11ClO2. The molecule has 0 atom stereocenters. The lowest BCUT2D eigenvalue weighted by Gasteiger charge is -2.07. The van der Waals surface area contributed by atoms with E-state index in [0.29, 0.717) is 17.2 Å². The lowest BCUT2D eigenvalue weighted by Crippen LogP contribution is -1.93. The molecule has 0 aromatic heterocycles. The molecule has 0 aliphatic rings. The minimum Gasteiger partial charge on any atom is -0.495 e. The SMILES string of the molecule is COc1cc(C)c(CC=O)cc1Cl. The van der Waals surface area contributed by atoms with E-state index in [1.54, 1.807) is 13.2 Å². The van der Waals surface area contributed by atoms with Gasteiger partial charge in [-0.1, -0.05) is 11.6 Å². The summed E-state index contributed by atoms with van der Waals surface area (Å²) in [4.78, 5) is 10.3. The summed E-state index contributed by atoms with van der Waals surface area (Å²) >= 11 is 5.90. The van der Waals surface area contributed by atoms with Crippen molar-refractivity contribution in [1.82, 2.24) is 0 Å². The topological polar surface area (TPSA) is 26.3 Å². The second kappa shape index (κ2) is 4.28. The summed E-state index contributed by atoms with van der Waals surface area (Å²) in [6, 6.07) is 3.60. The molecule has 2 nitrogen and oxygen atoms in total. The summed E-state index contributed by atoms with van der Waals surface area (Å²) < 4.78 is 5.04. The first-order valence-corrected chi connectivity index (χ1v) is 4.33. The fourth-order valence-electron chi connectivity index (χ4n) is 1.16. The van der Waals surface area contributed by atoms with Crippen LogP contribution < -0.4 is 4.74 Å². The number of hydrogen-bond acceptors (Lipinski definition) is 2. The number of carbonyl (C=O) groups excluding carboxylic acids is 1. The Morgan fingerprint density at radius 1 is 1.54 bits per heavy atom. The van der Waals surface area contributed by atoms with Crippen molar-refractivity contribution in [2.45, 2.75) is 13.3 Å². The zero-order valence-electron chi connectivity index (χ0n) is 7.63. The Bertz CT molecular complexity index is 321. The van der Waals surface area contributed by atoms with Gasteiger partial charge in [0.2, 0.25) is 0 Å². The molecule has 0 unspecified atom stereocenters. The monoisotopic (exact) mass is 198 g/mol. The predicted octanol–water partition coefficient (Wildman–Crippen LogP) is 2.40. The van der Waals surface area contributed by atoms with Crippen molar-refractivity contribution in [2.24, 2.45) is 0 Å². The summed E-state index contributed by atoms with van der Waals surface area (Å²) in [5.41, 5.74) is 1.97. The quantitative estimate of drug-likeness (QED) is 0.698. The maximum atomic E-state index is 10.3. The zero-order valence-corrected chi connectivity index (χ0v) is 8.39. The van der Waals surface area contributed by atoms with Crippen LogP contribution in [0.2, 0.25) is 5.02 Å². The highest BCUT2D eigenvalue weighted by molar-refractivity contribution is 6.32. The summed E-state index contributed by atoms with van der Waals surface area (Å²) in [5.74, 6) is 0.647. The van der Waals surface area contributed by atoms with Crippen LogP contribution in [0.5, 0.6) is 5.75 Å². The van der Waals surface area contributed by atoms with Gasteiger partial charge in [0.15, 0.2) is 0 Å². The number of benzene rings is 1. The van der Waals surface area contributed by atoms with E-state index in [0.717, 1.165) is 17.4 Å². The van der Waals surface area contributed by atoms with Crippen LogP contribution in [0.3, 0.4) is 0 Å². The van der Waals surface area contributed by atoms with Crippen LogP contribution in [0.4, 0.5) is 0 Å². The second-order valence-electron chi connectivity index (χ2n) is 2.78. The Kier molecular flexibility index (Phi) is 3.32. The molecule has 1 rings (SSSR count). The minimum absolute atomic E-state index is 0.398. The Morgan fingerprint density at radius 3 is 2.77 bits per heavy atom. The number of ether oxygens (including phenoxy) is 1. The molecule has 0 N–H and O–H groups in total. The predicted molar refractivity (Wildman–Crippen MR) is 52.5 cm³/mol. The molecule has 0 aliphatic heterocycles. The van der Waals surface area contributed by atoms with Crippen LogP contribution in [0.1, 0.15) is 11.1 Å². The number of carbonyl (C=O) groups is 1. The van der Waals surface area contributed by atoms with Gasteiger partial charge in [-0.25, -0.2) is 0 Å². The normalized spacial score (nSPS) is 9.77. The first kappa shape index (κ1) is 10.1. The third kappa shape index (κ3) is 2.22. The molecule has 0 aliphatic carbocycles. The van der Waals surface area contributed by atoms with Gasteiger partial charge in [-0.2, -0.15) is 0 Å². The van der Waals surface area contributed by atoms with Crippen molar-refractivity contribution in [3.63, 3.8) is 0 Å². The second-order valence-corrected chi connectivity index (χ2v) is 3.19. The molecule has 0 fully saturated rings. The summed E-state index contributed by atoms with van der Waals surface area (Å²) in [7, 11) is 1.57. The van der Waals surface area contributed by atoms with Crippen molar-refractivity contribution < 1.29 is 9.53 Å². The van der Waals surface area contributed by atoms with Gasteiger partial charge in [-0.3, -0.25) is 0 Å². The molecule has 3 heteroatoms. The van der Waals surface area contributed by atoms with Crippen molar-refractivity contribution in [3.8, 4) is 5.75 Å². The van der Waals surface area contributed by atoms with E-state index < -0.39 is 0 Å². The van der Waals surface area contributed by atoms with Crippen LogP contribution in [0.15, 0.2) is 12.1 Å². The Balaban J connectivity index is 3.12. The molecule has 0 radical (unpaired) electrons. The van der Waals surface area contributed by atoms with E-state index in [9.17, 15) is 4.79 Å². The molecule has 0 spiro atoms. The molecule has 1 aromatic carbocycles. The summed E-state index contributed by atoms with van der Waals surface area (Å²) in [6.07, 6.45) is 1.26. The van der Waals surface area contributed by atoms with Gasteiger partial charge in [-0.15, -0.1) is 0 Å². The maximum Gasteiger partial charge on any atom is 0.137 e. The molecule has 13 heavy (non-hydrogen) atoms. The Hall–Kier alpha value is -1.02. The van der Waals surface area contributed by atoms with Crippen LogP contribution >= 0.6 is 11.6 Å². The molecule has 0 saturated heterocycles. The van der Waals surface area contributed by atoms with Gasteiger partial charge in [-0.05, 0) is 30.2 Å². The van der Waals surface area contributed by atoms with Crippen LogP contribution in [0.25, 0.3) is 0 Å². The largest absolute Gasteiger partial charge is 0.495 e. The molecule has 0 heterocycles. The molecule has 0 bridgehead atoms. The average molecular weight is 199 g/mol. The van der Waals surface area contributed by atoms with Crippen molar-refractivity contribution in [3.05, 3.63) is 28.3 Å². The van der Waals surface area contributed by atoms with E-state index in [1.165, 1.54) is 0 Å². The number of rotatable bonds is 3. The summed E-state index contributed by atoms with van der Waals surface area (Å²) in [6.45, 7) is 1.93. The van der Waals surface area contributed by atoms with Crippen LogP contribution in [-0.2, 0) is 11.2 Å². The molecule has 0 amide bonds. The molecule has 0 saturated carbocycles. The van der Waals surface area contributed by atoms with Crippen LogP contribution in [0, 0.1) is 6.92 Å². The van der Waals surface area contributed by atoms with Gasteiger partial charge >= 0.3 is 0 Å². The smallest absolute Gasteiger partial charge is 0.137 e. The highest BCUT2D eigenvalue weighted by atomic mass is 35.5. The Labute approximate surface area is 82.5 Å². The van der Waals surface area contributed by atoms with Crippen LogP contribution in [-0.4, -0.2) is 13.4 Å². The number of hydrogen-bond donors (Lipinski definition) is 0. The number of aryl methyl sites for hydroxylation is 1. The van der Waals surface area contributed by atoms with E-state index in [2.05, 4.69) is 0 Å². The highest BCUT2D eigenvalue weighted by Gasteiger charge is 2.05. The van der Waals surface area contributed by atoms with Gasteiger partial charge in [0.05, 0.1) is 12.1 Å². The number of aldehydes is 1. The maximum absolute atomic E-state index is 10.3. The van der Waals surface area contributed by atoms with Crippen molar-refractivity contribution >= 4 is 17.9 Å². The van der Waals surface area contributed by atoms with E-state index in [1.807, 2.05) is 13.0 Å². The minimum atomic E-state index is 0.398.